The van der Waals surface area contributed by atoms with Gasteiger partial charge in [-0.3, -0.25) is 15.4 Å². The summed E-state index contributed by atoms with van der Waals surface area (Å²) < 4.78 is 21.8. The van der Waals surface area contributed by atoms with Crippen LogP contribution in [-0.4, -0.2) is 72.7 Å². The van der Waals surface area contributed by atoms with Crippen molar-refractivity contribution >= 4 is 35.1 Å². The Balaban J connectivity index is 1.58. The standard InChI is InChI=1S/C24H34N6O7/c1-16-2-3-20(26-15-16)28-23-18(30-25)14-19(24(29-23)27-17-6-8-34-9-7-17)36-12-10-35-11-13-37-22(33)5-4-21(31)32/h2-3,14-15,17,30H,4-13,25H2,1H3,(H,31,32)(H2,26,27,28,29). The van der Waals surface area contributed by atoms with Crippen LogP contribution in [0.5, 0.6) is 5.75 Å². The number of hydrazine groups is 1. The number of carboxylic acid groups (broad SMARTS) is 1. The van der Waals surface area contributed by atoms with Gasteiger partial charge in [0.2, 0.25) is 0 Å². The third kappa shape index (κ3) is 9.71. The topological polar surface area (TPSA) is 179 Å². The molecule has 2 aromatic rings. The third-order valence-electron chi connectivity index (χ3n) is 5.38. The van der Waals surface area contributed by atoms with Gasteiger partial charge in [-0.15, -0.1) is 0 Å². The molecule has 2 aromatic heterocycles. The van der Waals surface area contributed by atoms with Crippen LogP contribution in [0.1, 0.15) is 31.2 Å². The maximum atomic E-state index is 11.4. The minimum absolute atomic E-state index is 0.0330. The lowest BCUT2D eigenvalue weighted by Gasteiger charge is -2.25. The molecule has 1 fully saturated rings. The Morgan fingerprint density at radius 3 is 2.62 bits per heavy atom. The zero-order valence-corrected chi connectivity index (χ0v) is 20.8. The fourth-order valence-electron chi connectivity index (χ4n) is 3.42. The highest BCUT2D eigenvalue weighted by Crippen LogP contribution is 2.33. The molecular formula is C24H34N6O7. The van der Waals surface area contributed by atoms with Gasteiger partial charge in [-0.1, -0.05) is 6.07 Å². The molecule has 0 amide bonds. The quantitative estimate of drug-likeness (QED) is 0.100. The SMILES string of the molecule is Cc1ccc(Nc2nc(NC3CCOCC3)c(OCCOCCOC(=O)CCC(=O)O)cc2NN)nc1. The number of esters is 1. The van der Waals surface area contributed by atoms with Crippen molar-refractivity contribution in [3.05, 3.63) is 30.0 Å². The number of nitrogen functional groups attached to an aromatic ring is 1. The molecule has 0 unspecified atom stereocenters. The predicted octanol–water partition coefficient (Wildman–Crippen LogP) is 2.21. The van der Waals surface area contributed by atoms with Crippen molar-refractivity contribution in [2.24, 2.45) is 5.84 Å². The van der Waals surface area contributed by atoms with Gasteiger partial charge in [-0.05, 0) is 31.4 Å². The summed E-state index contributed by atoms with van der Waals surface area (Å²) >= 11 is 0. The van der Waals surface area contributed by atoms with Gasteiger partial charge < -0.3 is 40.1 Å². The van der Waals surface area contributed by atoms with E-state index in [0.29, 0.717) is 42.1 Å². The molecule has 6 N–H and O–H groups in total. The van der Waals surface area contributed by atoms with Crippen molar-refractivity contribution in [2.75, 3.05) is 55.7 Å². The number of anilines is 4. The van der Waals surface area contributed by atoms with E-state index < -0.39 is 11.9 Å². The van der Waals surface area contributed by atoms with Crippen molar-refractivity contribution in [1.82, 2.24) is 9.97 Å². The Bertz CT molecular complexity index is 1020. The minimum atomic E-state index is -1.05. The van der Waals surface area contributed by atoms with Crippen LogP contribution in [0.4, 0.5) is 23.1 Å². The number of hydrogen-bond acceptors (Lipinski definition) is 12. The summed E-state index contributed by atoms with van der Waals surface area (Å²) in [5.41, 5.74) is 4.21. The average molecular weight is 519 g/mol. The molecule has 1 aliphatic heterocycles. The van der Waals surface area contributed by atoms with Gasteiger partial charge >= 0.3 is 11.9 Å². The number of hydrogen-bond donors (Lipinski definition) is 5. The Morgan fingerprint density at radius 2 is 1.92 bits per heavy atom. The van der Waals surface area contributed by atoms with Crippen LogP contribution >= 0.6 is 0 Å². The fourth-order valence-corrected chi connectivity index (χ4v) is 3.42. The number of nitrogens with one attached hydrogen (secondary N) is 3. The lowest BCUT2D eigenvalue weighted by Crippen LogP contribution is -2.28. The molecule has 0 aliphatic carbocycles. The van der Waals surface area contributed by atoms with Crippen LogP contribution in [0.2, 0.25) is 0 Å². The summed E-state index contributed by atoms with van der Waals surface area (Å²) in [6, 6.07) is 5.72. The summed E-state index contributed by atoms with van der Waals surface area (Å²) in [6.45, 7) is 3.95. The molecule has 13 nitrogen and oxygen atoms in total. The number of carbonyl (C=O) groups excluding carboxylic acids is 1. The molecule has 1 aliphatic rings. The minimum Gasteiger partial charge on any atom is -0.487 e. The van der Waals surface area contributed by atoms with E-state index in [1.165, 1.54) is 0 Å². The first-order chi connectivity index (χ1) is 17.9. The fraction of sp³-hybridized carbons (Fsp3) is 0.500. The smallest absolute Gasteiger partial charge is 0.306 e. The summed E-state index contributed by atoms with van der Waals surface area (Å²) in [7, 11) is 0. The number of aromatic nitrogens is 2. The Hall–Kier alpha value is -3.68. The maximum Gasteiger partial charge on any atom is 0.306 e. The largest absolute Gasteiger partial charge is 0.487 e. The molecule has 0 saturated carbocycles. The highest BCUT2D eigenvalue weighted by Gasteiger charge is 2.19. The van der Waals surface area contributed by atoms with Crippen LogP contribution < -0.4 is 26.6 Å². The molecule has 0 radical (unpaired) electrons. The first kappa shape index (κ1) is 27.9. The van der Waals surface area contributed by atoms with Crippen LogP contribution in [0.15, 0.2) is 24.4 Å². The summed E-state index contributed by atoms with van der Waals surface area (Å²) in [6.07, 6.45) is 3.01. The zero-order valence-electron chi connectivity index (χ0n) is 20.8. The second-order valence-corrected chi connectivity index (χ2v) is 8.33. The molecule has 0 aromatic carbocycles. The highest BCUT2D eigenvalue weighted by atomic mass is 16.6. The number of rotatable bonds is 15. The van der Waals surface area contributed by atoms with E-state index in [1.807, 2.05) is 19.1 Å². The van der Waals surface area contributed by atoms with Crippen LogP contribution in [0.25, 0.3) is 0 Å². The monoisotopic (exact) mass is 518 g/mol. The highest BCUT2D eigenvalue weighted by molar-refractivity contribution is 5.76. The molecule has 0 spiro atoms. The Kier molecular flexibility index (Phi) is 11.1. The number of ether oxygens (including phenoxy) is 4. The van der Waals surface area contributed by atoms with Gasteiger partial charge in [0.25, 0.3) is 0 Å². The summed E-state index contributed by atoms with van der Waals surface area (Å²) in [5, 5.41) is 15.2. The molecule has 1 saturated heterocycles. The van der Waals surface area contributed by atoms with Gasteiger partial charge in [0.1, 0.15) is 19.0 Å². The van der Waals surface area contributed by atoms with E-state index in [0.717, 1.165) is 18.4 Å². The van der Waals surface area contributed by atoms with Crippen LogP contribution in [0.3, 0.4) is 0 Å². The average Bonchev–Trinajstić information content (AvgIpc) is 2.89. The molecule has 37 heavy (non-hydrogen) atoms. The van der Waals surface area contributed by atoms with E-state index in [1.54, 1.807) is 12.3 Å². The van der Waals surface area contributed by atoms with Crippen molar-refractivity contribution in [2.45, 2.75) is 38.6 Å². The van der Waals surface area contributed by atoms with E-state index in [-0.39, 0.29) is 45.3 Å². The first-order valence-electron chi connectivity index (χ1n) is 12.1. The summed E-state index contributed by atoms with van der Waals surface area (Å²) in [4.78, 5) is 31.0. The number of carbonyl (C=O) groups is 2. The maximum absolute atomic E-state index is 11.4. The van der Waals surface area contributed by atoms with Crippen molar-refractivity contribution in [3.8, 4) is 5.75 Å². The number of nitrogens with zero attached hydrogens (tertiary/aromatic N) is 2. The van der Waals surface area contributed by atoms with E-state index >= 15 is 0 Å². The lowest BCUT2D eigenvalue weighted by molar-refractivity contribution is -0.148. The Labute approximate surface area is 215 Å². The summed E-state index contributed by atoms with van der Waals surface area (Å²) in [5.74, 6) is 6.29. The number of pyridine rings is 2. The van der Waals surface area contributed by atoms with Crippen LogP contribution in [0, 0.1) is 6.92 Å². The number of aliphatic carboxylic acids is 1. The second kappa shape index (κ2) is 14.8. The third-order valence-corrected chi connectivity index (χ3v) is 5.38. The zero-order chi connectivity index (χ0) is 26.5. The van der Waals surface area contributed by atoms with E-state index in [2.05, 4.69) is 21.0 Å². The lowest BCUT2D eigenvalue weighted by atomic mass is 10.1. The van der Waals surface area contributed by atoms with Crippen molar-refractivity contribution in [1.29, 1.82) is 0 Å². The molecule has 3 rings (SSSR count). The molecule has 0 bridgehead atoms. The van der Waals surface area contributed by atoms with Gasteiger partial charge in [-0.2, -0.15) is 0 Å². The van der Waals surface area contributed by atoms with Crippen molar-refractivity contribution in [3.63, 3.8) is 0 Å². The van der Waals surface area contributed by atoms with E-state index in [4.69, 9.17) is 34.9 Å². The number of aryl methyl sites for hydroxylation is 1. The normalized spacial score (nSPS) is 13.6. The Morgan fingerprint density at radius 1 is 1.14 bits per heavy atom. The van der Waals surface area contributed by atoms with Gasteiger partial charge in [0.15, 0.2) is 17.4 Å². The molecule has 3 heterocycles. The molecule has 13 heteroatoms. The second-order valence-electron chi connectivity index (χ2n) is 8.33. The van der Waals surface area contributed by atoms with Crippen LogP contribution in [-0.2, 0) is 23.8 Å². The molecule has 202 valence electrons. The van der Waals surface area contributed by atoms with E-state index in [9.17, 15) is 9.59 Å². The van der Waals surface area contributed by atoms with Gasteiger partial charge in [-0.25, -0.2) is 9.97 Å². The first-order valence-corrected chi connectivity index (χ1v) is 12.1. The molecule has 0 atom stereocenters. The molecular weight excluding hydrogens is 484 g/mol. The van der Waals surface area contributed by atoms with Gasteiger partial charge in [0, 0.05) is 31.5 Å². The van der Waals surface area contributed by atoms with Crippen molar-refractivity contribution < 1.29 is 33.6 Å². The van der Waals surface area contributed by atoms with Gasteiger partial charge in [0.05, 0.1) is 31.7 Å². The number of nitrogens with two attached hydrogens (primary N) is 1. The number of carboxylic acids is 1. The predicted molar refractivity (Wildman–Crippen MR) is 136 cm³/mol.